The number of benzene rings is 1. The van der Waals surface area contributed by atoms with E-state index >= 15 is 0 Å². The fraction of sp³-hybridized carbons (Fsp3) is 0.400. The van der Waals surface area contributed by atoms with Gasteiger partial charge in [0.05, 0.1) is 30.7 Å². The Morgan fingerprint density at radius 2 is 1.97 bits per heavy atom. The number of fused-ring (bicyclic) bond motifs is 2. The predicted octanol–water partition coefficient (Wildman–Crippen LogP) is 4.36. The van der Waals surface area contributed by atoms with Crippen LogP contribution in [0.2, 0.25) is 0 Å². The number of thiazole rings is 1. The molecule has 3 aromatic heterocycles. The number of carbonyl (C=O) groups excluding carboxylic acids is 1. The van der Waals surface area contributed by atoms with Crippen LogP contribution in [0.3, 0.4) is 0 Å². The molecule has 8 nitrogen and oxygen atoms in total. The fourth-order valence-corrected chi connectivity index (χ4v) is 5.51. The van der Waals surface area contributed by atoms with E-state index in [1.54, 1.807) is 7.11 Å². The Morgan fingerprint density at radius 1 is 1.17 bits per heavy atom. The quantitative estimate of drug-likeness (QED) is 0.364. The molecule has 1 saturated heterocycles. The second-order valence-electron chi connectivity index (χ2n) is 8.50. The Morgan fingerprint density at radius 3 is 2.74 bits per heavy atom. The molecule has 1 fully saturated rings. The third-order valence-electron chi connectivity index (χ3n) is 6.25. The zero-order chi connectivity index (χ0) is 23.7. The number of amides is 1. The molecule has 186 valence electrons. The minimum atomic E-state index is -0.0890. The molecule has 4 aromatic rings. The van der Waals surface area contributed by atoms with Gasteiger partial charge in [-0.15, -0.1) is 12.4 Å². The van der Waals surface area contributed by atoms with Gasteiger partial charge in [0.2, 0.25) is 0 Å². The Balaban J connectivity index is 0.00000289. The summed E-state index contributed by atoms with van der Waals surface area (Å²) in [6, 6.07) is 9.72. The average Bonchev–Trinajstić information content (AvgIpc) is 3.44. The zero-order valence-corrected chi connectivity index (χ0v) is 21.8. The van der Waals surface area contributed by atoms with Crippen molar-refractivity contribution < 1.29 is 14.3 Å². The number of rotatable bonds is 7. The lowest BCUT2D eigenvalue weighted by molar-refractivity contribution is 0.0376. The van der Waals surface area contributed by atoms with Crippen LogP contribution in [-0.2, 0) is 4.74 Å². The molecule has 1 aromatic carbocycles. The Kier molecular flexibility index (Phi) is 7.91. The van der Waals surface area contributed by atoms with Gasteiger partial charge < -0.3 is 9.47 Å². The van der Waals surface area contributed by atoms with Gasteiger partial charge >= 0.3 is 0 Å². The third kappa shape index (κ3) is 4.99. The minimum Gasteiger partial charge on any atom is -0.494 e. The zero-order valence-electron chi connectivity index (χ0n) is 20.2. The van der Waals surface area contributed by atoms with Crippen molar-refractivity contribution in [2.75, 3.05) is 51.4 Å². The number of halogens is 1. The van der Waals surface area contributed by atoms with E-state index in [1.807, 2.05) is 52.8 Å². The van der Waals surface area contributed by atoms with Crippen LogP contribution in [0.15, 0.2) is 36.5 Å². The van der Waals surface area contributed by atoms with E-state index in [0.29, 0.717) is 23.1 Å². The maximum absolute atomic E-state index is 14.0. The van der Waals surface area contributed by atoms with Crippen LogP contribution in [0.25, 0.3) is 15.9 Å². The third-order valence-corrected chi connectivity index (χ3v) is 7.47. The number of anilines is 1. The number of ether oxygens (including phenoxy) is 2. The molecule has 1 aliphatic heterocycles. The number of aromatic nitrogens is 3. The van der Waals surface area contributed by atoms with Crippen LogP contribution in [-0.4, -0.2) is 71.7 Å². The normalized spacial score (nSPS) is 14.3. The van der Waals surface area contributed by atoms with Crippen LogP contribution in [0.4, 0.5) is 5.13 Å². The highest BCUT2D eigenvalue weighted by Gasteiger charge is 2.27. The molecule has 4 heterocycles. The molecule has 1 aliphatic rings. The summed E-state index contributed by atoms with van der Waals surface area (Å²) in [6.07, 6.45) is 2.73. The maximum atomic E-state index is 14.0. The largest absolute Gasteiger partial charge is 0.494 e. The lowest BCUT2D eigenvalue weighted by Crippen LogP contribution is -2.39. The molecular formula is C25H30ClN5O3S. The van der Waals surface area contributed by atoms with E-state index < -0.39 is 0 Å². The van der Waals surface area contributed by atoms with Crippen molar-refractivity contribution in [3.8, 4) is 5.75 Å². The van der Waals surface area contributed by atoms with Gasteiger partial charge in [-0.3, -0.25) is 19.0 Å². The number of pyridine rings is 1. The Bertz CT molecular complexity index is 1330. The molecule has 0 spiro atoms. The van der Waals surface area contributed by atoms with Crippen molar-refractivity contribution >= 4 is 50.6 Å². The van der Waals surface area contributed by atoms with Crippen molar-refractivity contribution in [1.82, 2.24) is 19.3 Å². The van der Waals surface area contributed by atoms with Crippen LogP contribution in [0.1, 0.15) is 28.2 Å². The highest BCUT2D eigenvalue weighted by Crippen LogP contribution is 2.37. The minimum absolute atomic E-state index is 0. The van der Waals surface area contributed by atoms with Gasteiger partial charge in [0.25, 0.3) is 5.91 Å². The fourth-order valence-electron chi connectivity index (χ4n) is 4.44. The molecule has 0 unspecified atom stereocenters. The number of carbonyl (C=O) groups is 1. The smallest absolute Gasteiger partial charge is 0.278 e. The number of aryl methyl sites for hydroxylation is 2. The lowest BCUT2D eigenvalue weighted by atomic mass is 10.2. The van der Waals surface area contributed by atoms with E-state index in [0.717, 1.165) is 66.4 Å². The highest BCUT2D eigenvalue weighted by atomic mass is 35.5. The lowest BCUT2D eigenvalue weighted by Gasteiger charge is -2.27. The molecule has 5 rings (SSSR count). The monoisotopic (exact) mass is 515 g/mol. The molecule has 1 amide bonds. The van der Waals surface area contributed by atoms with Gasteiger partial charge in [0, 0.05) is 32.4 Å². The van der Waals surface area contributed by atoms with Gasteiger partial charge in [-0.05, 0) is 44.0 Å². The first-order chi connectivity index (χ1) is 16.6. The summed E-state index contributed by atoms with van der Waals surface area (Å²) < 4.78 is 13.9. The standard InChI is InChI=1S/C25H29N5O3S.ClH/c1-17-8-9-19(32-3)21-23(17)34-25(27-21)30(12-6-10-28-13-15-33-16-14-28)24(31)22-18(2)26-20-7-4-5-11-29(20)22;/h4-5,7-9,11H,6,10,12-16H2,1-3H3;1H. The van der Waals surface area contributed by atoms with E-state index in [9.17, 15) is 4.79 Å². The van der Waals surface area contributed by atoms with Gasteiger partial charge in [-0.25, -0.2) is 9.97 Å². The summed E-state index contributed by atoms with van der Waals surface area (Å²) >= 11 is 1.54. The van der Waals surface area contributed by atoms with Crippen molar-refractivity contribution in [2.24, 2.45) is 0 Å². The van der Waals surface area contributed by atoms with E-state index in [2.05, 4.69) is 16.8 Å². The molecule has 0 aliphatic carbocycles. The molecular weight excluding hydrogens is 486 g/mol. The van der Waals surface area contributed by atoms with Gasteiger partial charge in [-0.2, -0.15) is 0 Å². The summed E-state index contributed by atoms with van der Waals surface area (Å²) in [4.78, 5) is 27.7. The topological polar surface area (TPSA) is 72.2 Å². The first-order valence-corrected chi connectivity index (χ1v) is 12.4. The number of hydrogen-bond donors (Lipinski definition) is 0. The molecule has 0 bridgehead atoms. The molecule has 0 N–H and O–H groups in total. The Labute approximate surface area is 214 Å². The van der Waals surface area contributed by atoms with Crippen LogP contribution >= 0.6 is 23.7 Å². The van der Waals surface area contributed by atoms with Gasteiger partial charge in [0.15, 0.2) is 5.13 Å². The first kappa shape index (κ1) is 25.4. The van der Waals surface area contributed by atoms with Crippen molar-refractivity contribution in [3.05, 3.63) is 53.5 Å². The van der Waals surface area contributed by atoms with Crippen molar-refractivity contribution in [1.29, 1.82) is 0 Å². The predicted molar refractivity (Wildman–Crippen MR) is 142 cm³/mol. The highest BCUT2D eigenvalue weighted by molar-refractivity contribution is 7.22. The summed E-state index contributed by atoms with van der Waals surface area (Å²) in [7, 11) is 1.65. The molecule has 35 heavy (non-hydrogen) atoms. The average molecular weight is 516 g/mol. The summed E-state index contributed by atoms with van der Waals surface area (Å²) in [6.45, 7) is 8.81. The van der Waals surface area contributed by atoms with Gasteiger partial charge in [-0.1, -0.05) is 23.5 Å². The number of imidazole rings is 1. The summed E-state index contributed by atoms with van der Waals surface area (Å²) in [5, 5.41) is 0.680. The van der Waals surface area contributed by atoms with Gasteiger partial charge in [0.1, 0.15) is 22.6 Å². The number of nitrogens with zero attached hydrogens (tertiary/aromatic N) is 5. The number of morpholine rings is 1. The number of hydrogen-bond acceptors (Lipinski definition) is 7. The van der Waals surface area contributed by atoms with E-state index in [4.69, 9.17) is 14.5 Å². The molecule has 0 atom stereocenters. The molecule has 0 radical (unpaired) electrons. The second-order valence-corrected chi connectivity index (χ2v) is 9.48. The first-order valence-electron chi connectivity index (χ1n) is 11.6. The maximum Gasteiger partial charge on any atom is 0.278 e. The second kappa shape index (κ2) is 10.9. The molecule has 0 saturated carbocycles. The summed E-state index contributed by atoms with van der Waals surface area (Å²) in [5.74, 6) is 0.628. The SMILES string of the molecule is COc1ccc(C)c2sc(N(CCCN3CCOCC3)C(=O)c3c(C)nc4ccccn34)nc12.Cl. The summed E-state index contributed by atoms with van der Waals surface area (Å²) in [5.41, 5.74) is 3.96. The van der Waals surface area contributed by atoms with Crippen LogP contribution in [0.5, 0.6) is 5.75 Å². The Hall–Kier alpha value is -2.72. The van der Waals surface area contributed by atoms with Crippen LogP contribution in [0, 0.1) is 13.8 Å². The molecule has 10 heteroatoms. The van der Waals surface area contributed by atoms with Crippen LogP contribution < -0.4 is 9.64 Å². The number of methoxy groups -OCH3 is 1. The van der Waals surface area contributed by atoms with Crippen molar-refractivity contribution in [3.63, 3.8) is 0 Å². The van der Waals surface area contributed by atoms with E-state index in [-0.39, 0.29) is 18.3 Å². The van der Waals surface area contributed by atoms with Crippen molar-refractivity contribution in [2.45, 2.75) is 20.3 Å². The van der Waals surface area contributed by atoms with E-state index in [1.165, 1.54) is 11.3 Å².